The molecule has 1 aliphatic heterocycles. The molecule has 2 fully saturated rings. The van der Waals surface area contributed by atoms with Crippen molar-refractivity contribution in [3.63, 3.8) is 0 Å². The zero-order chi connectivity index (χ0) is 24.4. The summed E-state index contributed by atoms with van der Waals surface area (Å²) in [6.07, 6.45) is 5.05. The molecule has 0 radical (unpaired) electrons. The number of carbonyl (C=O) groups excluding carboxylic acids is 2. The highest BCUT2D eigenvalue weighted by Gasteiger charge is 2.32. The van der Waals surface area contributed by atoms with Gasteiger partial charge in [0, 0.05) is 67.5 Å². The predicted molar refractivity (Wildman–Crippen MR) is 136 cm³/mol. The lowest BCUT2D eigenvalue weighted by atomic mass is 9.74. The van der Waals surface area contributed by atoms with Crippen molar-refractivity contribution in [1.82, 2.24) is 14.8 Å². The van der Waals surface area contributed by atoms with Gasteiger partial charge in [-0.2, -0.15) is 0 Å². The fourth-order valence-corrected chi connectivity index (χ4v) is 5.70. The summed E-state index contributed by atoms with van der Waals surface area (Å²) in [5, 5.41) is 0.655. The van der Waals surface area contributed by atoms with Gasteiger partial charge in [0.15, 0.2) is 5.78 Å². The maximum Gasteiger partial charge on any atom is 0.223 e. The predicted octanol–water partition coefficient (Wildman–Crippen LogP) is 5.25. The van der Waals surface area contributed by atoms with E-state index in [0.717, 1.165) is 54.5 Å². The van der Waals surface area contributed by atoms with Crippen molar-refractivity contribution >= 4 is 23.3 Å². The Morgan fingerprint density at radius 1 is 1.09 bits per heavy atom. The number of aromatic nitrogens is 1. The quantitative estimate of drug-likeness (QED) is 0.507. The molecule has 2 heterocycles. The van der Waals surface area contributed by atoms with E-state index < -0.39 is 0 Å². The number of benzene rings is 1. The van der Waals surface area contributed by atoms with E-state index in [9.17, 15) is 9.59 Å². The third-order valence-electron chi connectivity index (χ3n) is 7.53. The van der Waals surface area contributed by atoms with Crippen molar-refractivity contribution in [1.29, 1.82) is 0 Å². The van der Waals surface area contributed by atoms with Gasteiger partial charge in [-0.25, -0.2) is 0 Å². The molecule has 2 aromatic rings. The van der Waals surface area contributed by atoms with Crippen molar-refractivity contribution < 1.29 is 9.59 Å². The molecule has 5 nitrogen and oxygen atoms in total. The van der Waals surface area contributed by atoms with Gasteiger partial charge in [-0.1, -0.05) is 18.5 Å². The molecule has 1 saturated heterocycles. The smallest absolute Gasteiger partial charge is 0.223 e. The van der Waals surface area contributed by atoms with E-state index in [1.807, 2.05) is 31.2 Å². The molecule has 0 spiro atoms. The number of ketones is 1. The number of nitrogens with zero attached hydrogens (tertiary/aromatic N) is 3. The highest BCUT2D eigenvalue weighted by Crippen LogP contribution is 2.36. The van der Waals surface area contributed by atoms with Gasteiger partial charge in [0.1, 0.15) is 0 Å². The van der Waals surface area contributed by atoms with Crippen molar-refractivity contribution in [2.45, 2.75) is 66.0 Å². The summed E-state index contributed by atoms with van der Waals surface area (Å²) in [6.45, 7) is 11.6. The Bertz CT molecular complexity index is 1050. The molecular weight excluding hydrogens is 446 g/mol. The third-order valence-corrected chi connectivity index (χ3v) is 7.75. The Labute approximate surface area is 208 Å². The second kappa shape index (κ2) is 10.6. The van der Waals surface area contributed by atoms with Gasteiger partial charge < -0.3 is 4.90 Å². The van der Waals surface area contributed by atoms with Crippen LogP contribution in [0.2, 0.25) is 5.02 Å². The molecule has 1 aliphatic carbocycles. The first-order chi connectivity index (χ1) is 16.2. The molecule has 1 saturated carbocycles. The summed E-state index contributed by atoms with van der Waals surface area (Å²) in [5.74, 6) is 1.72. The first-order valence-electron chi connectivity index (χ1n) is 12.4. The van der Waals surface area contributed by atoms with Crippen LogP contribution >= 0.6 is 11.6 Å². The monoisotopic (exact) mass is 481 g/mol. The lowest BCUT2D eigenvalue weighted by Crippen LogP contribution is -2.54. The fourth-order valence-electron chi connectivity index (χ4n) is 5.44. The molecule has 2 aliphatic rings. The largest absolute Gasteiger partial charge is 0.337 e. The second-order valence-corrected chi connectivity index (χ2v) is 10.9. The van der Waals surface area contributed by atoms with Gasteiger partial charge in [0.05, 0.1) is 0 Å². The van der Waals surface area contributed by atoms with Crippen LogP contribution in [0.4, 0.5) is 0 Å². The van der Waals surface area contributed by atoms with Gasteiger partial charge in [-0.05, 0) is 86.4 Å². The number of halogens is 1. The van der Waals surface area contributed by atoms with Gasteiger partial charge in [-0.15, -0.1) is 0 Å². The molecular formula is C28H36ClN3O2. The molecule has 182 valence electrons. The standard InChI is InChI=1S/C28H36ClN3O2/c1-18-9-22(10-18)11-28(34)32-8-7-31(16-20(32)3)17-25-13-26(29)12-24(21(25)4)14-27(33)23-6-5-19(2)30-15-23/h5-6,12-13,15,18,20,22H,7-11,14,16-17H2,1-4H3/t18?,20-,22?/m0/s1. The minimum absolute atomic E-state index is 0.0467. The molecule has 34 heavy (non-hydrogen) atoms. The van der Waals surface area contributed by atoms with Crippen LogP contribution < -0.4 is 0 Å². The minimum Gasteiger partial charge on any atom is -0.337 e. The lowest BCUT2D eigenvalue weighted by molar-refractivity contribution is -0.137. The van der Waals surface area contributed by atoms with Crippen LogP contribution in [0, 0.1) is 25.7 Å². The number of Topliss-reactive ketones (excluding diaryl/α,β-unsaturated/α-hetero) is 1. The average molecular weight is 482 g/mol. The van der Waals surface area contributed by atoms with E-state index in [4.69, 9.17) is 11.6 Å². The van der Waals surface area contributed by atoms with Crippen molar-refractivity contribution in [3.05, 3.63) is 63.4 Å². The minimum atomic E-state index is 0.0467. The number of carbonyl (C=O) groups is 2. The zero-order valence-corrected chi connectivity index (χ0v) is 21.6. The van der Waals surface area contributed by atoms with Gasteiger partial charge in [-0.3, -0.25) is 19.5 Å². The van der Waals surface area contributed by atoms with E-state index in [-0.39, 0.29) is 11.8 Å². The van der Waals surface area contributed by atoms with Crippen LogP contribution in [0.3, 0.4) is 0 Å². The Kier molecular flexibility index (Phi) is 7.73. The van der Waals surface area contributed by atoms with Crippen LogP contribution in [0.25, 0.3) is 0 Å². The van der Waals surface area contributed by atoms with Gasteiger partial charge >= 0.3 is 0 Å². The molecule has 0 unspecified atom stereocenters. The van der Waals surface area contributed by atoms with Crippen molar-refractivity contribution in [2.75, 3.05) is 19.6 Å². The summed E-state index contributed by atoms with van der Waals surface area (Å²) in [6, 6.07) is 7.81. The highest BCUT2D eigenvalue weighted by atomic mass is 35.5. The zero-order valence-electron chi connectivity index (χ0n) is 20.8. The first-order valence-corrected chi connectivity index (χ1v) is 12.8. The maximum absolute atomic E-state index is 12.8. The first kappa shape index (κ1) is 24.9. The van der Waals surface area contributed by atoms with Gasteiger partial charge in [0.2, 0.25) is 5.91 Å². The molecule has 4 rings (SSSR count). The van der Waals surface area contributed by atoms with E-state index in [0.29, 0.717) is 35.3 Å². The van der Waals surface area contributed by atoms with E-state index in [2.05, 4.69) is 35.6 Å². The van der Waals surface area contributed by atoms with Crippen LogP contribution in [-0.2, 0) is 17.8 Å². The number of hydrogen-bond acceptors (Lipinski definition) is 4. The number of hydrogen-bond donors (Lipinski definition) is 0. The summed E-state index contributed by atoms with van der Waals surface area (Å²) < 4.78 is 0. The lowest BCUT2D eigenvalue weighted by Gasteiger charge is -2.41. The van der Waals surface area contributed by atoms with E-state index in [1.54, 1.807) is 6.20 Å². The van der Waals surface area contributed by atoms with Crippen molar-refractivity contribution in [2.24, 2.45) is 11.8 Å². The van der Waals surface area contributed by atoms with Crippen LogP contribution in [-0.4, -0.2) is 52.2 Å². The maximum atomic E-state index is 12.8. The highest BCUT2D eigenvalue weighted by molar-refractivity contribution is 6.30. The molecule has 1 amide bonds. The normalized spacial score (nSPS) is 23.0. The average Bonchev–Trinajstić information content (AvgIpc) is 2.76. The van der Waals surface area contributed by atoms with Crippen LogP contribution in [0.1, 0.15) is 65.9 Å². The topological polar surface area (TPSA) is 53.5 Å². The number of aryl methyl sites for hydroxylation is 1. The third kappa shape index (κ3) is 5.87. The summed E-state index contributed by atoms with van der Waals surface area (Å²) in [4.78, 5) is 34.4. The summed E-state index contributed by atoms with van der Waals surface area (Å²) in [7, 11) is 0. The number of amides is 1. The van der Waals surface area contributed by atoms with E-state index >= 15 is 0 Å². The Hall–Kier alpha value is -2.24. The molecule has 1 aromatic carbocycles. The SMILES string of the molecule is Cc1ccc(C(=O)Cc2cc(Cl)cc(CN3CCN(C(=O)CC4CC(C)C4)[C@@H](C)C3)c2C)cn1. The summed E-state index contributed by atoms with van der Waals surface area (Å²) >= 11 is 6.47. The van der Waals surface area contributed by atoms with Crippen LogP contribution in [0.5, 0.6) is 0 Å². The molecule has 1 aromatic heterocycles. The van der Waals surface area contributed by atoms with Crippen molar-refractivity contribution in [3.8, 4) is 0 Å². The fraction of sp³-hybridized carbons (Fsp3) is 0.536. The number of piperazine rings is 1. The summed E-state index contributed by atoms with van der Waals surface area (Å²) in [5.41, 5.74) is 4.74. The number of pyridine rings is 1. The molecule has 0 N–H and O–H groups in total. The van der Waals surface area contributed by atoms with Crippen LogP contribution in [0.15, 0.2) is 30.5 Å². The number of rotatable bonds is 7. The Morgan fingerprint density at radius 3 is 2.47 bits per heavy atom. The van der Waals surface area contributed by atoms with Gasteiger partial charge in [0.25, 0.3) is 0 Å². The van der Waals surface area contributed by atoms with E-state index in [1.165, 1.54) is 12.8 Å². The molecule has 1 atom stereocenters. The molecule has 0 bridgehead atoms. The molecule has 6 heteroatoms. The second-order valence-electron chi connectivity index (χ2n) is 10.5. The Morgan fingerprint density at radius 2 is 1.82 bits per heavy atom. The Balaban J connectivity index is 1.38.